The van der Waals surface area contributed by atoms with Gasteiger partial charge in [0.2, 0.25) is 5.91 Å². The van der Waals surface area contributed by atoms with Crippen molar-refractivity contribution in [3.63, 3.8) is 0 Å². The Hall–Kier alpha value is -0.390. The Balaban J connectivity index is 2.07. The van der Waals surface area contributed by atoms with Gasteiger partial charge in [0, 0.05) is 6.61 Å². The number of thiophene rings is 1. The van der Waals surface area contributed by atoms with Crippen LogP contribution in [0.5, 0.6) is 0 Å². The molecule has 1 aliphatic rings. The fourth-order valence-corrected chi connectivity index (χ4v) is 2.63. The van der Waals surface area contributed by atoms with Crippen molar-refractivity contribution in [1.82, 2.24) is 0 Å². The SMILES string of the molecule is CC1(C(=O)Nc2ccsc2Br)CCOC1. The molecule has 82 valence electrons. The first-order chi connectivity index (χ1) is 7.12. The van der Waals surface area contributed by atoms with E-state index in [-0.39, 0.29) is 11.3 Å². The highest BCUT2D eigenvalue weighted by molar-refractivity contribution is 9.11. The second-order valence-corrected chi connectivity index (χ2v) is 6.16. The number of hydrogen-bond donors (Lipinski definition) is 1. The quantitative estimate of drug-likeness (QED) is 0.909. The molecule has 0 aromatic carbocycles. The fraction of sp³-hybridized carbons (Fsp3) is 0.500. The molecule has 0 spiro atoms. The average molecular weight is 290 g/mol. The summed E-state index contributed by atoms with van der Waals surface area (Å²) in [6, 6.07) is 1.89. The molecule has 15 heavy (non-hydrogen) atoms. The Morgan fingerprint density at radius 1 is 1.73 bits per heavy atom. The number of halogens is 1. The molecule has 1 atom stereocenters. The Kier molecular flexibility index (Phi) is 3.13. The van der Waals surface area contributed by atoms with Crippen LogP contribution in [-0.2, 0) is 9.53 Å². The van der Waals surface area contributed by atoms with Crippen LogP contribution < -0.4 is 5.32 Å². The average Bonchev–Trinajstić information content (AvgIpc) is 2.78. The van der Waals surface area contributed by atoms with E-state index in [0.29, 0.717) is 13.2 Å². The van der Waals surface area contributed by atoms with Crippen molar-refractivity contribution in [1.29, 1.82) is 0 Å². The van der Waals surface area contributed by atoms with Gasteiger partial charge >= 0.3 is 0 Å². The summed E-state index contributed by atoms with van der Waals surface area (Å²) < 4.78 is 6.22. The number of rotatable bonds is 2. The van der Waals surface area contributed by atoms with Gasteiger partial charge in [0.05, 0.1) is 21.5 Å². The molecule has 0 bridgehead atoms. The van der Waals surface area contributed by atoms with Crippen LogP contribution in [0.4, 0.5) is 5.69 Å². The van der Waals surface area contributed by atoms with Crippen LogP contribution in [0, 0.1) is 5.41 Å². The van der Waals surface area contributed by atoms with Crippen molar-refractivity contribution >= 4 is 38.9 Å². The largest absolute Gasteiger partial charge is 0.380 e. The molecule has 1 aromatic rings. The summed E-state index contributed by atoms with van der Waals surface area (Å²) in [4.78, 5) is 12.0. The first-order valence-corrected chi connectivity index (χ1v) is 6.41. The summed E-state index contributed by atoms with van der Waals surface area (Å²) in [5.74, 6) is 0.0408. The molecule has 5 heteroatoms. The molecule has 1 aromatic heterocycles. The Labute approximate surface area is 101 Å². The lowest BCUT2D eigenvalue weighted by Gasteiger charge is -2.20. The van der Waals surface area contributed by atoms with E-state index in [1.807, 2.05) is 18.4 Å². The molecule has 2 heterocycles. The summed E-state index contributed by atoms with van der Waals surface area (Å²) in [6.45, 7) is 3.13. The number of hydrogen-bond acceptors (Lipinski definition) is 3. The third kappa shape index (κ3) is 2.24. The second kappa shape index (κ2) is 4.23. The van der Waals surface area contributed by atoms with Gasteiger partial charge in [-0.3, -0.25) is 4.79 Å². The van der Waals surface area contributed by atoms with E-state index >= 15 is 0 Å². The van der Waals surface area contributed by atoms with Crippen molar-refractivity contribution in [2.45, 2.75) is 13.3 Å². The Morgan fingerprint density at radius 2 is 2.53 bits per heavy atom. The second-order valence-electron chi connectivity index (χ2n) is 3.93. The van der Waals surface area contributed by atoms with E-state index in [0.717, 1.165) is 15.9 Å². The van der Waals surface area contributed by atoms with Crippen molar-refractivity contribution in [3.8, 4) is 0 Å². The maximum atomic E-state index is 12.0. The van der Waals surface area contributed by atoms with Crippen molar-refractivity contribution in [2.75, 3.05) is 18.5 Å². The first kappa shape index (κ1) is 11.1. The third-order valence-corrected chi connectivity index (χ3v) is 4.32. The Morgan fingerprint density at radius 3 is 3.07 bits per heavy atom. The fourth-order valence-electron chi connectivity index (χ4n) is 1.50. The molecule has 0 radical (unpaired) electrons. The van der Waals surface area contributed by atoms with Crippen LogP contribution in [0.15, 0.2) is 15.2 Å². The number of amides is 1. The highest BCUT2D eigenvalue weighted by Gasteiger charge is 2.37. The molecule has 1 fully saturated rings. The van der Waals surface area contributed by atoms with Gasteiger partial charge < -0.3 is 10.1 Å². The lowest BCUT2D eigenvalue weighted by molar-refractivity contribution is -0.124. The molecule has 2 rings (SSSR count). The van der Waals surface area contributed by atoms with Gasteiger partial charge in [0.25, 0.3) is 0 Å². The minimum atomic E-state index is -0.374. The lowest BCUT2D eigenvalue weighted by atomic mass is 9.89. The predicted molar refractivity (Wildman–Crippen MR) is 64.2 cm³/mol. The van der Waals surface area contributed by atoms with Crippen molar-refractivity contribution in [3.05, 3.63) is 15.2 Å². The van der Waals surface area contributed by atoms with Gasteiger partial charge in [0.1, 0.15) is 0 Å². The standard InChI is InChI=1S/C10H12BrNO2S/c1-10(3-4-14-6-10)9(13)12-7-2-5-15-8(7)11/h2,5H,3-4,6H2,1H3,(H,12,13). The van der Waals surface area contributed by atoms with Gasteiger partial charge in [-0.1, -0.05) is 0 Å². The monoisotopic (exact) mass is 289 g/mol. The molecule has 1 N–H and O–H groups in total. The van der Waals surface area contributed by atoms with Gasteiger partial charge in [-0.15, -0.1) is 11.3 Å². The van der Waals surface area contributed by atoms with Crippen LogP contribution in [0.2, 0.25) is 0 Å². The summed E-state index contributed by atoms with van der Waals surface area (Å²) in [5, 5.41) is 4.85. The van der Waals surface area contributed by atoms with E-state index in [9.17, 15) is 4.79 Å². The van der Waals surface area contributed by atoms with E-state index in [1.165, 1.54) is 0 Å². The molecule has 0 aliphatic carbocycles. The number of nitrogens with one attached hydrogen (secondary N) is 1. The molecule has 3 nitrogen and oxygen atoms in total. The maximum Gasteiger partial charge on any atom is 0.232 e. The smallest absolute Gasteiger partial charge is 0.232 e. The van der Waals surface area contributed by atoms with Crippen LogP contribution in [0.1, 0.15) is 13.3 Å². The maximum absolute atomic E-state index is 12.0. The van der Waals surface area contributed by atoms with Crippen molar-refractivity contribution in [2.24, 2.45) is 5.41 Å². The van der Waals surface area contributed by atoms with Crippen LogP contribution in [-0.4, -0.2) is 19.1 Å². The summed E-state index contributed by atoms with van der Waals surface area (Å²) >= 11 is 4.95. The van der Waals surface area contributed by atoms with Gasteiger partial charge in [-0.25, -0.2) is 0 Å². The van der Waals surface area contributed by atoms with Crippen LogP contribution in [0.3, 0.4) is 0 Å². The molecule has 1 saturated heterocycles. The number of carbonyl (C=O) groups is 1. The Bertz CT molecular complexity index is 371. The zero-order valence-electron chi connectivity index (χ0n) is 8.38. The van der Waals surface area contributed by atoms with Gasteiger partial charge in [-0.2, -0.15) is 0 Å². The highest BCUT2D eigenvalue weighted by Crippen LogP contribution is 2.33. The van der Waals surface area contributed by atoms with Crippen molar-refractivity contribution < 1.29 is 9.53 Å². The van der Waals surface area contributed by atoms with E-state index < -0.39 is 0 Å². The zero-order chi connectivity index (χ0) is 10.9. The lowest BCUT2D eigenvalue weighted by Crippen LogP contribution is -2.33. The van der Waals surface area contributed by atoms with Crippen LogP contribution in [0.25, 0.3) is 0 Å². The molecule has 1 unspecified atom stereocenters. The number of anilines is 1. The molecular formula is C10H12BrNO2S. The summed E-state index contributed by atoms with van der Waals surface area (Å²) in [6.07, 6.45) is 0.792. The number of ether oxygens (including phenoxy) is 1. The predicted octanol–water partition coefficient (Wildman–Crippen LogP) is 2.88. The highest BCUT2D eigenvalue weighted by atomic mass is 79.9. The minimum Gasteiger partial charge on any atom is -0.380 e. The zero-order valence-corrected chi connectivity index (χ0v) is 10.8. The molecule has 1 aliphatic heterocycles. The van der Waals surface area contributed by atoms with E-state index in [4.69, 9.17) is 4.74 Å². The normalized spacial score (nSPS) is 25.5. The van der Waals surface area contributed by atoms with E-state index in [1.54, 1.807) is 11.3 Å². The van der Waals surface area contributed by atoms with Crippen LogP contribution >= 0.6 is 27.3 Å². The van der Waals surface area contributed by atoms with E-state index in [2.05, 4.69) is 21.2 Å². The van der Waals surface area contributed by atoms with Gasteiger partial charge in [-0.05, 0) is 40.7 Å². The minimum absolute atomic E-state index is 0.0408. The number of carbonyl (C=O) groups excluding carboxylic acids is 1. The van der Waals surface area contributed by atoms with Gasteiger partial charge in [0.15, 0.2) is 0 Å². The molecule has 1 amide bonds. The topological polar surface area (TPSA) is 38.3 Å². The first-order valence-electron chi connectivity index (χ1n) is 4.74. The summed E-state index contributed by atoms with van der Waals surface area (Å²) in [7, 11) is 0. The summed E-state index contributed by atoms with van der Waals surface area (Å²) in [5.41, 5.74) is 0.472. The third-order valence-electron chi connectivity index (χ3n) is 2.63. The molecular weight excluding hydrogens is 278 g/mol. The molecule has 0 saturated carbocycles.